The largest absolute Gasteiger partial charge is 0.388 e. The fraction of sp³-hybridized carbons (Fsp3) is 0.400. The first-order chi connectivity index (χ1) is 7.04. The standard InChI is InChI=1S/C10H13ClN2O2/c11-5-3-1-2-4-6(5)8(13)10(15)9(14)7(4)12/h1-3,7-10,14-15H,12-13H2/t7-,8+,9+,10-/m1/s1. The van der Waals surface area contributed by atoms with E-state index in [1.165, 1.54) is 0 Å². The van der Waals surface area contributed by atoms with E-state index >= 15 is 0 Å². The Balaban J connectivity index is 2.59. The van der Waals surface area contributed by atoms with Crippen LogP contribution in [0, 0.1) is 0 Å². The summed E-state index contributed by atoms with van der Waals surface area (Å²) >= 11 is 5.99. The molecular weight excluding hydrogens is 216 g/mol. The molecule has 6 N–H and O–H groups in total. The third-order valence-electron chi connectivity index (χ3n) is 2.86. The molecule has 0 aromatic heterocycles. The second-order valence-corrected chi connectivity index (χ2v) is 4.18. The quantitative estimate of drug-likeness (QED) is 0.506. The van der Waals surface area contributed by atoms with E-state index in [1.807, 2.05) is 0 Å². The van der Waals surface area contributed by atoms with Crippen molar-refractivity contribution in [2.24, 2.45) is 11.5 Å². The molecule has 1 aliphatic carbocycles. The van der Waals surface area contributed by atoms with Gasteiger partial charge in [-0.15, -0.1) is 0 Å². The Morgan fingerprint density at radius 3 is 2.33 bits per heavy atom. The Hall–Kier alpha value is -0.650. The highest BCUT2D eigenvalue weighted by Gasteiger charge is 2.38. The molecule has 0 bridgehead atoms. The van der Waals surface area contributed by atoms with Gasteiger partial charge in [0, 0.05) is 5.02 Å². The van der Waals surface area contributed by atoms with Crippen LogP contribution in [-0.2, 0) is 0 Å². The summed E-state index contributed by atoms with van der Waals surface area (Å²) in [6.45, 7) is 0. The lowest BCUT2D eigenvalue weighted by atomic mass is 9.81. The molecule has 4 atom stereocenters. The minimum Gasteiger partial charge on any atom is -0.388 e. The number of benzene rings is 1. The molecule has 1 aromatic rings. The van der Waals surface area contributed by atoms with Gasteiger partial charge in [-0.25, -0.2) is 0 Å². The highest BCUT2D eigenvalue weighted by Crippen LogP contribution is 2.37. The van der Waals surface area contributed by atoms with Crippen molar-refractivity contribution in [2.45, 2.75) is 24.3 Å². The monoisotopic (exact) mass is 228 g/mol. The van der Waals surface area contributed by atoms with E-state index in [0.29, 0.717) is 16.1 Å². The first-order valence-corrected chi connectivity index (χ1v) is 5.07. The first kappa shape index (κ1) is 10.9. The Morgan fingerprint density at radius 2 is 1.67 bits per heavy atom. The normalized spacial score (nSPS) is 35.0. The summed E-state index contributed by atoms with van der Waals surface area (Å²) in [5.41, 5.74) is 12.9. The van der Waals surface area contributed by atoms with Gasteiger partial charge in [-0.05, 0) is 17.2 Å². The van der Waals surface area contributed by atoms with Crippen LogP contribution < -0.4 is 11.5 Å². The van der Waals surface area contributed by atoms with Gasteiger partial charge in [-0.3, -0.25) is 0 Å². The summed E-state index contributed by atoms with van der Waals surface area (Å²) in [6, 6.07) is 3.87. The zero-order valence-electron chi connectivity index (χ0n) is 7.97. The Labute approximate surface area is 92.5 Å². The maximum atomic E-state index is 9.67. The van der Waals surface area contributed by atoms with Gasteiger partial charge in [0.1, 0.15) is 12.2 Å². The topological polar surface area (TPSA) is 92.5 Å². The zero-order valence-corrected chi connectivity index (χ0v) is 8.72. The van der Waals surface area contributed by atoms with Crippen molar-refractivity contribution in [2.75, 3.05) is 0 Å². The molecule has 4 nitrogen and oxygen atoms in total. The maximum absolute atomic E-state index is 9.67. The molecule has 0 radical (unpaired) electrons. The Bertz CT molecular complexity index is 386. The third-order valence-corrected chi connectivity index (χ3v) is 3.19. The molecule has 2 rings (SSSR count). The molecule has 0 unspecified atom stereocenters. The summed E-state index contributed by atoms with van der Waals surface area (Å²) in [7, 11) is 0. The average molecular weight is 229 g/mol. The van der Waals surface area contributed by atoms with E-state index in [9.17, 15) is 10.2 Å². The van der Waals surface area contributed by atoms with Crippen LogP contribution in [0.5, 0.6) is 0 Å². The van der Waals surface area contributed by atoms with Crippen LogP contribution in [0.25, 0.3) is 0 Å². The van der Waals surface area contributed by atoms with Crippen molar-refractivity contribution in [3.05, 3.63) is 34.3 Å². The number of halogens is 1. The van der Waals surface area contributed by atoms with E-state index in [0.717, 1.165) is 0 Å². The van der Waals surface area contributed by atoms with E-state index in [-0.39, 0.29) is 0 Å². The molecule has 0 saturated carbocycles. The molecule has 0 saturated heterocycles. The number of aliphatic hydroxyl groups excluding tert-OH is 2. The number of fused-ring (bicyclic) bond motifs is 1. The van der Waals surface area contributed by atoms with Crippen molar-refractivity contribution in [3.8, 4) is 0 Å². The molecule has 0 amide bonds. The van der Waals surface area contributed by atoms with Crippen molar-refractivity contribution in [1.29, 1.82) is 0 Å². The van der Waals surface area contributed by atoms with E-state index in [4.69, 9.17) is 23.1 Å². The van der Waals surface area contributed by atoms with Crippen LogP contribution >= 0.6 is 11.6 Å². The number of hydrogen-bond donors (Lipinski definition) is 4. The number of aliphatic hydroxyl groups is 2. The van der Waals surface area contributed by atoms with E-state index in [2.05, 4.69) is 0 Å². The first-order valence-electron chi connectivity index (χ1n) is 4.69. The van der Waals surface area contributed by atoms with Gasteiger partial charge in [0.2, 0.25) is 0 Å². The predicted molar refractivity (Wildman–Crippen MR) is 57.3 cm³/mol. The number of hydrogen-bond acceptors (Lipinski definition) is 4. The summed E-state index contributed by atoms with van der Waals surface area (Å²) in [5.74, 6) is 0. The van der Waals surface area contributed by atoms with Gasteiger partial charge in [0.05, 0.1) is 12.1 Å². The molecular formula is C10H13ClN2O2. The lowest BCUT2D eigenvalue weighted by molar-refractivity contribution is -0.0196. The van der Waals surface area contributed by atoms with Gasteiger partial charge in [0.15, 0.2) is 0 Å². The molecule has 0 spiro atoms. The molecule has 15 heavy (non-hydrogen) atoms. The molecule has 1 aliphatic rings. The second kappa shape index (κ2) is 3.73. The lowest BCUT2D eigenvalue weighted by Gasteiger charge is -2.36. The zero-order chi connectivity index (χ0) is 11.2. The molecule has 5 heteroatoms. The van der Waals surface area contributed by atoms with Crippen LogP contribution in [0.2, 0.25) is 5.02 Å². The SMILES string of the molecule is N[C@@H]1c2cccc(Cl)c2[C@H](N)[C@@H](O)[C@H]1O. The Kier molecular flexibility index (Phi) is 2.70. The van der Waals surface area contributed by atoms with Crippen molar-refractivity contribution < 1.29 is 10.2 Å². The molecule has 0 fully saturated rings. The molecule has 0 aliphatic heterocycles. The fourth-order valence-corrected chi connectivity index (χ4v) is 2.28. The van der Waals surface area contributed by atoms with Crippen LogP contribution in [0.1, 0.15) is 23.2 Å². The van der Waals surface area contributed by atoms with E-state index in [1.54, 1.807) is 18.2 Å². The van der Waals surface area contributed by atoms with Crippen LogP contribution in [0.4, 0.5) is 0 Å². The van der Waals surface area contributed by atoms with Gasteiger partial charge in [0.25, 0.3) is 0 Å². The van der Waals surface area contributed by atoms with E-state index < -0.39 is 24.3 Å². The lowest BCUT2D eigenvalue weighted by Crippen LogP contribution is -2.47. The van der Waals surface area contributed by atoms with Gasteiger partial charge in [-0.2, -0.15) is 0 Å². The summed E-state index contributed by atoms with van der Waals surface area (Å²) in [4.78, 5) is 0. The van der Waals surface area contributed by atoms with Crippen molar-refractivity contribution >= 4 is 11.6 Å². The molecule has 0 heterocycles. The van der Waals surface area contributed by atoms with Crippen molar-refractivity contribution in [1.82, 2.24) is 0 Å². The molecule has 82 valence electrons. The molecule has 1 aromatic carbocycles. The smallest absolute Gasteiger partial charge is 0.101 e. The highest BCUT2D eigenvalue weighted by atomic mass is 35.5. The van der Waals surface area contributed by atoms with Crippen LogP contribution in [0.3, 0.4) is 0 Å². The fourth-order valence-electron chi connectivity index (χ4n) is 1.98. The second-order valence-electron chi connectivity index (χ2n) is 3.78. The minimum absolute atomic E-state index is 0.474. The third kappa shape index (κ3) is 1.55. The summed E-state index contributed by atoms with van der Waals surface area (Å²) in [5, 5.41) is 19.8. The van der Waals surface area contributed by atoms with Gasteiger partial charge >= 0.3 is 0 Å². The number of rotatable bonds is 0. The summed E-state index contributed by atoms with van der Waals surface area (Å²) < 4.78 is 0. The van der Waals surface area contributed by atoms with Crippen molar-refractivity contribution in [3.63, 3.8) is 0 Å². The van der Waals surface area contributed by atoms with Crippen LogP contribution in [0.15, 0.2) is 18.2 Å². The van der Waals surface area contributed by atoms with Crippen LogP contribution in [-0.4, -0.2) is 22.4 Å². The van der Waals surface area contributed by atoms with Gasteiger partial charge in [-0.1, -0.05) is 23.7 Å². The maximum Gasteiger partial charge on any atom is 0.101 e. The minimum atomic E-state index is -1.08. The average Bonchev–Trinajstić information content (AvgIpc) is 2.23. The predicted octanol–water partition coefficient (Wildman–Crippen LogP) is 0.0750. The highest BCUT2D eigenvalue weighted by molar-refractivity contribution is 6.31. The summed E-state index contributed by atoms with van der Waals surface area (Å²) in [6.07, 6.45) is -2.13. The van der Waals surface area contributed by atoms with Gasteiger partial charge < -0.3 is 21.7 Å². The number of nitrogens with two attached hydrogens (primary N) is 2. The Morgan fingerprint density at radius 1 is 1.07 bits per heavy atom.